The molecule has 1 aliphatic rings. The fraction of sp³-hybridized carbons (Fsp3) is 0.267. The van der Waals surface area contributed by atoms with Crippen LogP contribution in [-0.4, -0.2) is 23.7 Å². The lowest BCUT2D eigenvalue weighted by molar-refractivity contribution is -0.222. The van der Waals surface area contributed by atoms with E-state index in [4.69, 9.17) is 14.2 Å². The molecule has 0 aliphatic carbocycles. The van der Waals surface area contributed by atoms with Crippen LogP contribution < -0.4 is 10.1 Å². The minimum atomic E-state index is -1.36. The Hall–Kier alpha value is -2.90. The lowest BCUT2D eigenvalue weighted by atomic mass is 10.2. The van der Waals surface area contributed by atoms with E-state index < -0.39 is 35.1 Å². The van der Waals surface area contributed by atoms with Crippen molar-refractivity contribution in [2.24, 2.45) is 0 Å². The van der Waals surface area contributed by atoms with Crippen molar-refractivity contribution in [3.8, 4) is 5.75 Å². The summed E-state index contributed by atoms with van der Waals surface area (Å²) >= 11 is 0. The van der Waals surface area contributed by atoms with E-state index in [9.17, 15) is 18.8 Å². The van der Waals surface area contributed by atoms with Crippen LogP contribution in [-0.2, 0) is 23.9 Å². The number of ether oxygens (including phenoxy) is 3. The predicted molar refractivity (Wildman–Crippen MR) is 75.7 cm³/mol. The van der Waals surface area contributed by atoms with E-state index >= 15 is 0 Å². The molecule has 0 amide bonds. The highest BCUT2D eigenvalue weighted by Crippen LogP contribution is 2.25. The molecule has 0 atom stereocenters. The molecular weight excluding hydrogens is 309 g/mol. The molecule has 1 aromatic carbocycles. The summed E-state index contributed by atoms with van der Waals surface area (Å²) in [5, 5.41) is 2.45. The van der Waals surface area contributed by atoms with E-state index in [2.05, 4.69) is 5.32 Å². The normalized spacial score (nSPS) is 16.3. The number of rotatable bonds is 3. The number of carbonyl (C=O) groups is 3. The van der Waals surface area contributed by atoms with Gasteiger partial charge in [0.05, 0.1) is 5.69 Å². The Morgan fingerprint density at radius 2 is 1.87 bits per heavy atom. The minimum absolute atomic E-state index is 0.0957. The summed E-state index contributed by atoms with van der Waals surface area (Å²) in [6.45, 7) is 4.03. The molecule has 0 aromatic heterocycles. The van der Waals surface area contributed by atoms with Gasteiger partial charge in [-0.3, -0.25) is 4.79 Å². The number of halogens is 1. The molecule has 1 N–H and O–H groups in total. The van der Waals surface area contributed by atoms with Gasteiger partial charge in [0.15, 0.2) is 5.57 Å². The van der Waals surface area contributed by atoms with Gasteiger partial charge in [0.25, 0.3) is 5.79 Å². The third-order valence-electron chi connectivity index (χ3n) is 2.69. The summed E-state index contributed by atoms with van der Waals surface area (Å²) in [6.07, 6.45) is 0.968. The van der Waals surface area contributed by atoms with Gasteiger partial charge < -0.3 is 19.5 Å². The molecule has 0 bridgehead atoms. The van der Waals surface area contributed by atoms with Crippen molar-refractivity contribution < 1.29 is 33.0 Å². The average molecular weight is 323 g/mol. The third kappa shape index (κ3) is 4.06. The number of anilines is 1. The molecule has 1 aliphatic heterocycles. The summed E-state index contributed by atoms with van der Waals surface area (Å²) in [7, 11) is 0. The zero-order valence-corrected chi connectivity index (χ0v) is 12.6. The van der Waals surface area contributed by atoms with Gasteiger partial charge >= 0.3 is 17.9 Å². The highest BCUT2D eigenvalue weighted by Gasteiger charge is 2.38. The van der Waals surface area contributed by atoms with Gasteiger partial charge in [-0.05, 0) is 12.1 Å². The van der Waals surface area contributed by atoms with Crippen LogP contribution in [0.2, 0.25) is 0 Å². The predicted octanol–water partition coefficient (Wildman–Crippen LogP) is 1.88. The van der Waals surface area contributed by atoms with Crippen LogP contribution in [0.4, 0.5) is 10.1 Å². The van der Waals surface area contributed by atoms with Crippen molar-refractivity contribution in [1.29, 1.82) is 0 Å². The maximum atomic E-state index is 13.7. The summed E-state index contributed by atoms with van der Waals surface area (Å²) in [5.74, 6) is -4.27. The Kier molecular flexibility index (Phi) is 4.35. The van der Waals surface area contributed by atoms with E-state index in [-0.39, 0.29) is 11.4 Å². The van der Waals surface area contributed by atoms with Crippen molar-refractivity contribution in [2.45, 2.75) is 26.6 Å². The van der Waals surface area contributed by atoms with Gasteiger partial charge in [-0.2, -0.15) is 0 Å². The van der Waals surface area contributed by atoms with Gasteiger partial charge in [0.2, 0.25) is 0 Å². The van der Waals surface area contributed by atoms with Gasteiger partial charge in [-0.1, -0.05) is 0 Å². The smallest absolute Gasteiger partial charge is 0.350 e. The molecule has 122 valence electrons. The van der Waals surface area contributed by atoms with Crippen LogP contribution >= 0.6 is 0 Å². The first-order valence-corrected chi connectivity index (χ1v) is 6.59. The van der Waals surface area contributed by atoms with E-state index in [1.54, 1.807) is 0 Å². The molecule has 1 heterocycles. The Labute approximate surface area is 131 Å². The first kappa shape index (κ1) is 16.5. The SMILES string of the molecule is CC(=O)Oc1ccc(F)c(NC=C2C(=O)OC(C)(C)OC2=O)c1. The largest absolute Gasteiger partial charge is 0.427 e. The zero-order valence-electron chi connectivity index (χ0n) is 12.6. The maximum Gasteiger partial charge on any atom is 0.350 e. The summed E-state index contributed by atoms with van der Waals surface area (Å²) in [5.41, 5.74) is -0.511. The first-order valence-electron chi connectivity index (χ1n) is 6.59. The minimum Gasteiger partial charge on any atom is -0.427 e. The molecule has 0 saturated carbocycles. The molecule has 0 spiro atoms. The van der Waals surface area contributed by atoms with Crippen molar-refractivity contribution in [1.82, 2.24) is 0 Å². The second kappa shape index (κ2) is 6.07. The van der Waals surface area contributed by atoms with Crippen molar-refractivity contribution in [3.63, 3.8) is 0 Å². The zero-order chi connectivity index (χ0) is 17.2. The Morgan fingerprint density at radius 3 is 2.43 bits per heavy atom. The van der Waals surface area contributed by atoms with Crippen molar-refractivity contribution >= 4 is 23.6 Å². The number of carbonyl (C=O) groups excluding carboxylic acids is 3. The molecular formula is C15H14FNO6. The monoisotopic (exact) mass is 323 g/mol. The number of hydrogen-bond donors (Lipinski definition) is 1. The maximum absolute atomic E-state index is 13.7. The van der Waals surface area contributed by atoms with Gasteiger partial charge in [-0.25, -0.2) is 14.0 Å². The van der Waals surface area contributed by atoms with Crippen molar-refractivity contribution in [2.75, 3.05) is 5.32 Å². The Balaban J connectivity index is 2.21. The van der Waals surface area contributed by atoms with Gasteiger partial charge in [0.1, 0.15) is 11.6 Å². The van der Waals surface area contributed by atoms with E-state index in [0.29, 0.717) is 0 Å². The van der Waals surface area contributed by atoms with E-state index in [1.165, 1.54) is 32.9 Å². The second-order valence-electron chi connectivity index (χ2n) is 5.12. The summed E-state index contributed by atoms with van der Waals surface area (Å²) in [6, 6.07) is 3.54. The molecule has 0 radical (unpaired) electrons. The van der Waals surface area contributed by atoms with Crippen LogP contribution in [0, 0.1) is 5.82 Å². The fourth-order valence-electron chi connectivity index (χ4n) is 1.77. The molecule has 1 aromatic rings. The molecule has 1 saturated heterocycles. The summed E-state index contributed by atoms with van der Waals surface area (Å²) in [4.78, 5) is 34.4. The number of cyclic esters (lactones) is 2. The van der Waals surface area contributed by atoms with Crippen LogP contribution in [0.3, 0.4) is 0 Å². The second-order valence-corrected chi connectivity index (χ2v) is 5.12. The van der Waals surface area contributed by atoms with Crippen LogP contribution in [0.5, 0.6) is 5.75 Å². The lowest BCUT2D eigenvalue weighted by Gasteiger charge is -2.29. The Morgan fingerprint density at radius 1 is 1.26 bits per heavy atom. The lowest BCUT2D eigenvalue weighted by Crippen LogP contribution is -2.42. The standard InChI is InChI=1S/C15H14FNO6/c1-8(18)21-9-4-5-11(16)12(6-9)17-7-10-13(19)22-15(2,3)23-14(10)20/h4-7,17H,1-3H3. The number of benzene rings is 1. The average Bonchev–Trinajstić information content (AvgIpc) is 2.39. The van der Waals surface area contributed by atoms with Crippen LogP contribution in [0.25, 0.3) is 0 Å². The van der Waals surface area contributed by atoms with Gasteiger partial charge in [0, 0.05) is 33.0 Å². The van der Waals surface area contributed by atoms with E-state index in [0.717, 1.165) is 12.3 Å². The van der Waals surface area contributed by atoms with Crippen molar-refractivity contribution in [3.05, 3.63) is 35.8 Å². The molecule has 2 rings (SSSR count). The number of esters is 3. The Bertz CT molecular complexity index is 688. The highest BCUT2D eigenvalue weighted by atomic mass is 19.1. The van der Waals surface area contributed by atoms with Crippen LogP contribution in [0.15, 0.2) is 30.0 Å². The first-order chi connectivity index (χ1) is 10.7. The third-order valence-corrected chi connectivity index (χ3v) is 2.69. The molecule has 23 heavy (non-hydrogen) atoms. The van der Waals surface area contributed by atoms with E-state index in [1.807, 2.05) is 0 Å². The fourth-order valence-corrected chi connectivity index (χ4v) is 1.77. The molecule has 7 nitrogen and oxygen atoms in total. The molecule has 8 heteroatoms. The quantitative estimate of drug-likeness (QED) is 0.393. The highest BCUT2D eigenvalue weighted by molar-refractivity contribution is 6.15. The number of hydrogen-bond acceptors (Lipinski definition) is 7. The molecule has 1 fully saturated rings. The topological polar surface area (TPSA) is 90.9 Å². The van der Waals surface area contributed by atoms with Crippen LogP contribution in [0.1, 0.15) is 20.8 Å². The number of nitrogens with one attached hydrogen (secondary N) is 1. The van der Waals surface area contributed by atoms with Gasteiger partial charge in [-0.15, -0.1) is 0 Å². The molecule has 0 unspecified atom stereocenters. The summed E-state index contributed by atoms with van der Waals surface area (Å²) < 4.78 is 28.3.